The molecule has 2 N–H and O–H groups in total. The maximum absolute atomic E-state index is 13.2. The summed E-state index contributed by atoms with van der Waals surface area (Å²) in [4.78, 5) is 32.3. The highest BCUT2D eigenvalue weighted by atomic mass is 16.6. The summed E-state index contributed by atoms with van der Waals surface area (Å²) in [7, 11) is 0. The van der Waals surface area contributed by atoms with Crippen molar-refractivity contribution >= 4 is 11.7 Å². The zero-order chi connectivity index (χ0) is 21.6. The fraction of sp³-hybridized carbons (Fsp3) is 0.292. The number of aromatic amines is 1. The van der Waals surface area contributed by atoms with Gasteiger partial charge in [-0.15, -0.1) is 0 Å². The van der Waals surface area contributed by atoms with E-state index in [2.05, 4.69) is 15.3 Å². The van der Waals surface area contributed by atoms with Gasteiger partial charge in [0.25, 0.3) is 5.56 Å². The highest BCUT2D eigenvalue weighted by molar-refractivity contribution is 6.01. The number of carbonyl (C=O) groups excluding carboxylic acids is 1. The molecule has 7 heteroatoms. The van der Waals surface area contributed by atoms with Crippen LogP contribution in [0.2, 0.25) is 0 Å². The van der Waals surface area contributed by atoms with Gasteiger partial charge in [0.2, 0.25) is 5.91 Å². The Morgan fingerprint density at radius 2 is 1.84 bits per heavy atom. The Labute approximate surface area is 180 Å². The Kier molecular flexibility index (Phi) is 4.54. The lowest BCUT2D eigenvalue weighted by molar-refractivity contribution is -0.118. The number of hydrogen-bond acceptors (Lipinski definition) is 5. The van der Waals surface area contributed by atoms with Crippen molar-refractivity contribution in [2.24, 2.45) is 0 Å². The summed E-state index contributed by atoms with van der Waals surface area (Å²) >= 11 is 0. The monoisotopic (exact) mass is 419 g/mol. The number of aryl methyl sites for hydroxylation is 2. The second-order valence-electron chi connectivity index (χ2n) is 8.16. The second kappa shape index (κ2) is 7.27. The van der Waals surface area contributed by atoms with E-state index >= 15 is 0 Å². The van der Waals surface area contributed by atoms with Crippen LogP contribution in [0.25, 0.3) is 11.3 Å². The van der Waals surface area contributed by atoms with E-state index < -0.39 is 5.41 Å². The number of fused-ring (bicyclic) bond motifs is 1. The molecule has 1 aliphatic heterocycles. The summed E-state index contributed by atoms with van der Waals surface area (Å²) in [5, 5.41) is 2.99. The van der Waals surface area contributed by atoms with Crippen molar-refractivity contribution in [2.75, 3.05) is 18.5 Å². The molecule has 5 rings (SSSR count). The summed E-state index contributed by atoms with van der Waals surface area (Å²) < 4.78 is 11.3. The van der Waals surface area contributed by atoms with E-state index in [1.54, 1.807) is 25.3 Å². The van der Waals surface area contributed by atoms with Gasteiger partial charge in [0, 0.05) is 18.8 Å². The van der Waals surface area contributed by atoms with Gasteiger partial charge in [-0.25, -0.2) is 4.98 Å². The maximum Gasteiger partial charge on any atom is 0.250 e. The van der Waals surface area contributed by atoms with E-state index in [0.717, 1.165) is 35.2 Å². The molecule has 1 aromatic carbocycles. The first-order valence-corrected chi connectivity index (χ1v) is 10.4. The van der Waals surface area contributed by atoms with Crippen molar-refractivity contribution < 1.29 is 15.7 Å². The largest absolute Gasteiger partial charge is 0.486 e. The van der Waals surface area contributed by atoms with Crippen LogP contribution in [0.5, 0.6) is 11.5 Å². The summed E-state index contributed by atoms with van der Waals surface area (Å²) in [5.74, 6) is 1.81. The predicted octanol–water partition coefficient (Wildman–Crippen LogP) is 3.74. The van der Waals surface area contributed by atoms with Crippen molar-refractivity contribution in [3.8, 4) is 22.8 Å². The molecular weight excluding hydrogens is 394 g/mol. The summed E-state index contributed by atoms with van der Waals surface area (Å²) in [5.41, 5.74) is 3.33. The van der Waals surface area contributed by atoms with Crippen LogP contribution in [-0.2, 0) is 10.2 Å². The summed E-state index contributed by atoms with van der Waals surface area (Å²) in [6.45, 7) is 4.75. The molecule has 1 aliphatic carbocycles. The Morgan fingerprint density at radius 3 is 2.58 bits per heavy atom. The molecule has 1 saturated carbocycles. The van der Waals surface area contributed by atoms with Crippen LogP contribution in [0.3, 0.4) is 0 Å². The van der Waals surface area contributed by atoms with Gasteiger partial charge in [-0.05, 0) is 62.1 Å². The minimum atomic E-state index is -0.572. The van der Waals surface area contributed by atoms with Crippen LogP contribution < -0.4 is 20.3 Å². The van der Waals surface area contributed by atoms with E-state index in [-0.39, 0.29) is 12.9 Å². The van der Waals surface area contributed by atoms with Gasteiger partial charge in [-0.2, -0.15) is 0 Å². The lowest BCUT2D eigenvalue weighted by Crippen LogP contribution is -2.28. The second-order valence-corrected chi connectivity index (χ2v) is 8.16. The van der Waals surface area contributed by atoms with Crippen LogP contribution in [0, 0.1) is 13.8 Å². The summed E-state index contributed by atoms with van der Waals surface area (Å²) in [6.07, 6.45) is 3.19. The Morgan fingerprint density at radius 1 is 1.06 bits per heavy atom. The molecule has 3 aromatic rings. The van der Waals surface area contributed by atoms with Gasteiger partial charge in [0.15, 0.2) is 11.5 Å². The minimum absolute atomic E-state index is 0. The molecule has 2 aliphatic rings. The predicted molar refractivity (Wildman–Crippen MR) is 119 cm³/mol. The first-order chi connectivity index (χ1) is 15.0. The number of pyridine rings is 2. The molecule has 0 atom stereocenters. The molecule has 3 heterocycles. The molecule has 0 bridgehead atoms. The third-order valence-electron chi connectivity index (χ3n) is 5.98. The number of ether oxygens (including phenoxy) is 2. The van der Waals surface area contributed by atoms with Crippen LogP contribution in [-0.4, -0.2) is 29.1 Å². The molecule has 0 spiro atoms. The number of nitrogens with one attached hydrogen (secondary N) is 2. The number of nitrogens with zero attached hydrogens (tertiary/aromatic N) is 1. The molecule has 0 saturated heterocycles. The molecular formula is C24H25N3O4. The van der Waals surface area contributed by atoms with Gasteiger partial charge in [-0.3, -0.25) is 9.59 Å². The minimum Gasteiger partial charge on any atom is -0.486 e. The number of benzene rings is 1. The van der Waals surface area contributed by atoms with Crippen molar-refractivity contribution in [1.29, 1.82) is 0 Å². The standard InChI is InChI=1S/C24H23N3O4.H2/c1-14-3-6-20(26-21(14)16-11-15(2)22(28)25-13-16)27-23(29)24(7-8-24)17-4-5-18-19(12-17)31-10-9-30-18;/h3-6,11-13H,7-10H2,1-2H3,(H,25,28)(H,26,27,29);1H. The highest BCUT2D eigenvalue weighted by Gasteiger charge is 2.51. The van der Waals surface area contributed by atoms with Crippen LogP contribution in [0.1, 0.15) is 31.0 Å². The smallest absolute Gasteiger partial charge is 0.250 e. The quantitative estimate of drug-likeness (QED) is 0.672. The molecule has 0 unspecified atom stereocenters. The molecule has 1 amide bonds. The molecule has 0 radical (unpaired) electrons. The molecule has 160 valence electrons. The Bertz CT molecular complexity index is 1250. The third-order valence-corrected chi connectivity index (χ3v) is 5.98. The third kappa shape index (κ3) is 3.46. The SMILES string of the molecule is Cc1ccc(NC(=O)C2(c3ccc4c(c3)OCCO4)CC2)nc1-c1c[nH]c(=O)c(C)c1.[HH]. The number of rotatable bonds is 4. The van der Waals surface area contributed by atoms with Crippen molar-refractivity contribution in [1.82, 2.24) is 9.97 Å². The van der Waals surface area contributed by atoms with Crippen LogP contribution in [0.15, 0.2) is 47.4 Å². The van der Waals surface area contributed by atoms with Crippen LogP contribution in [0.4, 0.5) is 5.82 Å². The summed E-state index contributed by atoms with van der Waals surface area (Å²) in [6, 6.07) is 11.3. The fourth-order valence-electron chi connectivity index (χ4n) is 3.97. The Hall–Kier alpha value is -3.61. The molecule has 2 aromatic heterocycles. The Balaban J connectivity index is 0.00000245. The number of aromatic nitrogens is 2. The number of hydrogen-bond donors (Lipinski definition) is 2. The number of amides is 1. The van der Waals surface area contributed by atoms with Crippen molar-refractivity contribution in [3.63, 3.8) is 0 Å². The zero-order valence-electron chi connectivity index (χ0n) is 17.5. The van der Waals surface area contributed by atoms with Gasteiger partial charge in [0.1, 0.15) is 19.0 Å². The van der Waals surface area contributed by atoms with E-state index in [1.807, 2.05) is 31.2 Å². The van der Waals surface area contributed by atoms with Crippen molar-refractivity contribution in [2.45, 2.75) is 32.1 Å². The van der Waals surface area contributed by atoms with Gasteiger partial charge >= 0.3 is 0 Å². The van der Waals surface area contributed by atoms with Gasteiger partial charge < -0.3 is 19.8 Å². The number of H-pyrrole nitrogens is 1. The van der Waals surface area contributed by atoms with E-state index in [4.69, 9.17) is 9.47 Å². The number of anilines is 1. The molecule has 7 nitrogen and oxygen atoms in total. The lowest BCUT2D eigenvalue weighted by atomic mass is 9.94. The van der Waals surface area contributed by atoms with E-state index in [9.17, 15) is 9.59 Å². The average Bonchev–Trinajstić information content (AvgIpc) is 3.59. The zero-order valence-corrected chi connectivity index (χ0v) is 17.5. The lowest BCUT2D eigenvalue weighted by Gasteiger charge is -2.21. The van der Waals surface area contributed by atoms with Crippen LogP contribution >= 0.6 is 0 Å². The van der Waals surface area contributed by atoms with E-state index in [0.29, 0.717) is 36.1 Å². The highest BCUT2D eigenvalue weighted by Crippen LogP contribution is 2.50. The number of carbonyl (C=O) groups is 1. The first-order valence-electron chi connectivity index (χ1n) is 10.4. The molecule has 1 fully saturated rings. The maximum atomic E-state index is 13.2. The van der Waals surface area contributed by atoms with Gasteiger partial charge in [-0.1, -0.05) is 12.1 Å². The van der Waals surface area contributed by atoms with Gasteiger partial charge in [0.05, 0.1) is 11.1 Å². The van der Waals surface area contributed by atoms with E-state index in [1.165, 1.54) is 0 Å². The normalized spacial score (nSPS) is 15.9. The average molecular weight is 419 g/mol. The van der Waals surface area contributed by atoms with Crippen molar-refractivity contribution in [3.05, 3.63) is 69.6 Å². The first kappa shape index (κ1) is 19.4. The molecule has 31 heavy (non-hydrogen) atoms. The fourth-order valence-corrected chi connectivity index (χ4v) is 3.97. The topological polar surface area (TPSA) is 93.3 Å².